The van der Waals surface area contributed by atoms with Gasteiger partial charge >= 0.3 is 0 Å². The minimum Gasteiger partial charge on any atom is -0.409 e. The molecule has 0 atom stereocenters. The van der Waals surface area contributed by atoms with Crippen LogP contribution in [0.3, 0.4) is 0 Å². The Morgan fingerprint density at radius 3 is 2.29 bits per heavy atom. The van der Waals surface area contributed by atoms with Gasteiger partial charge in [0.2, 0.25) is 0 Å². The molecule has 0 fully saturated rings. The van der Waals surface area contributed by atoms with Crippen LogP contribution < -0.4 is 5.73 Å². The summed E-state index contributed by atoms with van der Waals surface area (Å²) in [7, 11) is 1.88. The number of amidine groups is 1. The molecule has 0 aliphatic heterocycles. The predicted octanol–water partition coefficient (Wildman–Crippen LogP) is 4.21. The van der Waals surface area contributed by atoms with E-state index in [0.29, 0.717) is 16.4 Å². The van der Waals surface area contributed by atoms with E-state index in [0.717, 1.165) is 21.2 Å². The normalized spacial score (nSPS) is 12.4. The van der Waals surface area contributed by atoms with Crippen LogP contribution in [0, 0.1) is 0 Å². The highest BCUT2D eigenvalue weighted by molar-refractivity contribution is 7.99. The summed E-state index contributed by atoms with van der Waals surface area (Å²) >= 11 is 7.53. The SMILES string of the molecule is Cn1c(C(C)(C)O)nc(-c2ccc(C(N)=NO)cc2)c1Sc1ccc(Cl)cc1. The molecule has 1 aromatic heterocycles. The maximum Gasteiger partial charge on any atom is 0.170 e. The molecule has 2 aromatic carbocycles. The van der Waals surface area contributed by atoms with E-state index in [-0.39, 0.29) is 5.84 Å². The number of hydrogen-bond donors (Lipinski definition) is 3. The fourth-order valence-electron chi connectivity index (χ4n) is 2.81. The van der Waals surface area contributed by atoms with Crippen molar-refractivity contribution in [1.82, 2.24) is 9.55 Å². The molecule has 0 spiro atoms. The summed E-state index contributed by atoms with van der Waals surface area (Å²) in [5.41, 5.74) is 6.75. The first-order chi connectivity index (χ1) is 13.2. The third-order valence-corrected chi connectivity index (χ3v) is 5.60. The molecule has 3 rings (SSSR count). The van der Waals surface area contributed by atoms with Crippen molar-refractivity contribution in [1.29, 1.82) is 0 Å². The Bertz CT molecular complexity index is 1010. The first-order valence-corrected chi connectivity index (χ1v) is 9.71. The topological polar surface area (TPSA) is 96.7 Å². The van der Waals surface area contributed by atoms with Crippen LogP contribution in [0.4, 0.5) is 0 Å². The Balaban J connectivity index is 2.09. The van der Waals surface area contributed by atoms with E-state index in [9.17, 15) is 5.11 Å². The number of oxime groups is 1. The summed E-state index contributed by atoms with van der Waals surface area (Å²) in [6.45, 7) is 3.41. The average Bonchev–Trinajstić information content (AvgIpc) is 3.00. The largest absolute Gasteiger partial charge is 0.409 e. The summed E-state index contributed by atoms with van der Waals surface area (Å²) in [5.74, 6) is 0.597. The van der Waals surface area contributed by atoms with E-state index < -0.39 is 5.60 Å². The number of benzene rings is 2. The van der Waals surface area contributed by atoms with E-state index >= 15 is 0 Å². The molecular weight excluding hydrogens is 396 g/mol. The van der Waals surface area contributed by atoms with Gasteiger partial charge in [-0.2, -0.15) is 0 Å². The molecule has 6 nitrogen and oxygen atoms in total. The van der Waals surface area contributed by atoms with Crippen LogP contribution >= 0.6 is 23.4 Å². The van der Waals surface area contributed by atoms with Gasteiger partial charge in [0.05, 0.1) is 0 Å². The highest BCUT2D eigenvalue weighted by Gasteiger charge is 2.27. The van der Waals surface area contributed by atoms with Gasteiger partial charge in [-0.25, -0.2) is 4.98 Å². The van der Waals surface area contributed by atoms with E-state index in [1.165, 1.54) is 11.8 Å². The number of aliphatic hydroxyl groups is 1. The quantitative estimate of drug-likeness (QED) is 0.250. The lowest BCUT2D eigenvalue weighted by Gasteiger charge is -2.17. The molecule has 28 heavy (non-hydrogen) atoms. The Labute approximate surface area is 172 Å². The van der Waals surface area contributed by atoms with E-state index in [2.05, 4.69) is 5.16 Å². The summed E-state index contributed by atoms with van der Waals surface area (Å²) in [5, 5.41) is 23.9. The molecule has 0 amide bonds. The minimum absolute atomic E-state index is 0.0421. The van der Waals surface area contributed by atoms with Gasteiger partial charge in [0.1, 0.15) is 22.1 Å². The Morgan fingerprint density at radius 2 is 1.75 bits per heavy atom. The van der Waals surface area contributed by atoms with E-state index in [1.54, 1.807) is 26.0 Å². The standard InChI is InChI=1S/C20H21ClN4O2S/c1-20(2,26)19-23-16(12-4-6-13(7-5-12)17(22)24-27)18(25(19)3)28-15-10-8-14(21)9-11-15/h4-11,26-27H,1-3H3,(H2,22,24). The van der Waals surface area contributed by atoms with Crippen molar-refractivity contribution in [2.45, 2.75) is 29.4 Å². The molecule has 3 aromatic rings. The van der Waals surface area contributed by atoms with Crippen LogP contribution in [0.25, 0.3) is 11.3 Å². The average molecular weight is 417 g/mol. The van der Waals surface area contributed by atoms with Crippen LogP contribution in [0.2, 0.25) is 5.02 Å². The van der Waals surface area contributed by atoms with Gasteiger partial charge in [-0.05, 0) is 38.1 Å². The molecular formula is C20H21ClN4O2S. The third kappa shape index (κ3) is 4.16. The van der Waals surface area contributed by atoms with Crippen LogP contribution in [0.5, 0.6) is 0 Å². The summed E-state index contributed by atoms with van der Waals surface area (Å²) < 4.78 is 1.89. The fraction of sp³-hybridized carbons (Fsp3) is 0.200. The maximum atomic E-state index is 10.5. The molecule has 0 radical (unpaired) electrons. The van der Waals surface area contributed by atoms with E-state index in [1.807, 2.05) is 48.0 Å². The fourth-order valence-corrected chi connectivity index (χ4v) is 3.91. The second-order valence-corrected chi connectivity index (χ2v) is 8.32. The van der Waals surface area contributed by atoms with Crippen molar-refractivity contribution < 1.29 is 10.3 Å². The smallest absolute Gasteiger partial charge is 0.170 e. The van der Waals surface area contributed by atoms with Gasteiger partial charge in [0.15, 0.2) is 5.84 Å². The second kappa shape index (κ2) is 7.87. The third-order valence-electron chi connectivity index (χ3n) is 4.18. The zero-order valence-corrected chi connectivity index (χ0v) is 17.3. The lowest BCUT2D eigenvalue weighted by Crippen LogP contribution is -2.21. The molecule has 0 aliphatic rings. The molecule has 146 valence electrons. The van der Waals surface area contributed by atoms with Gasteiger partial charge in [0, 0.05) is 28.1 Å². The zero-order chi connectivity index (χ0) is 20.5. The molecule has 0 saturated heterocycles. The number of rotatable bonds is 5. The zero-order valence-electron chi connectivity index (χ0n) is 15.7. The van der Waals surface area contributed by atoms with Crippen molar-refractivity contribution in [2.75, 3.05) is 0 Å². The van der Waals surface area contributed by atoms with Gasteiger partial charge < -0.3 is 20.6 Å². The lowest BCUT2D eigenvalue weighted by atomic mass is 10.1. The highest BCUT2D eigenvalue weighted by atomic mass is 35.5. The highest BCUT2D eigenvalue weighted by Crippen LogP contribution is 2.38. The number of hydrogen-bond acceptors (Lipinski definition) is 5. The molecule has 4 N–H and O–H groups in total. The predicted molar refractivity (Wildman–Crippen MR) is 112 cm³/mol. The number of aromatic nitrogens is 2. The minimum atomic E-state index is -1.10. The van der Waals surface area contributed by atoms with Crippen molar-refractivity contribution in [2.24, 2.45) is 17.9 Å². The van der Waals surface area contributed by atoms with Crippen molar-refractivity contribution >= 4 is 29.2 Å². The number of nitrogens with zero attached hydrogens (tertiary/aromatic N) is 3. The molecule has 0 bridgehead atoms. The molecule has 0 aliphatic carbocycles. The van der Waals surface area contributed by atoms with Crippen LogP contribution in [0.1, 0.15) is 25.2 Å². The lowest BCUT2D eigenvalue weighted by molar-refractivity contribution is 0.0652. The van der Waals surface area contributed by atoms with Gasteiger partial charge in [-0.15, -0.1) is 0 Å². The number of imidazole rings is 1. The van der Waals surface area contributed by atoms with Crippen LogP contribution in [-0.2, 0) is 12.6 Å². The van der Waals surface area contributed by atoms with Crippen LogP contribution in [0.15, 0.2) is 63.6 Å². The monoisotopic (exact) mass is 416 g/mol. The Kier molecular flexibility index (Phi) is 5.69. The molecule has 1 heterocycles. The Hall–Kier alpha value is -2.48. The van der Waals surface area contributed by atoms with Crippen molar-refractivity contribution in [3.63, 3.8) is 0 Å². The summed E-state index contributed by atoms with van der Waals surface area (Å²) in [4.78, 5) is 5.72. The molecule has 8 heteroatoms. The van der Waals surface area contributed by atoms with E-state index in [4.69, 9.17) is 27.5 Å². The summed E-state index contributed by atoms with van der Waals surface area (Å²) in [6.07, 6.45) is 0. The van der Waals surface area contributed by atoms with Crippen molar-refractivity contribution in [3.05, 3.63) is 64.9 Å². The second-order valence-electron chi connectivity index (χ2n) is 6.83. The molecule has 0 saturated carbocycles. The Morgan fingerprint density at radius 1 is 1.14 bits per heavy atom. The number of nitrogens with two attached hydrogens (primary N) is 1. The van der Waals surface area contributed by atoms with Crippen LogP contribution in [-0.4, -0.2) is 25.7 Å². The molecule has 0 unspecified atom stereocenters. The number of halogens is 1. The maximum absolute atomic E-state index is 10.5. The van der Waals surface area contributed by atoms with Gasteiger partial charge in [-0.3, -0.25) is 0 Å². The summed E-state index contributed by atoms with van der Waals surface area (Å²) in [6, 6.07) is 14.8. The van der Waals surface area contributed by atoms with Crippen molar-refractivity contribution in [3.8, 4) is 11.3 Å². The van der Waals surface area contributed by atoms with Gasteiger partial charge in [0.25, 0.3) is 0 Å². The van der Waals surface area contributed by atoms with Gasteiger partial charge in [-0.1, -0.05) is 52.8 Å². The first-order valence-electron chi connectivity index (χ1n) is 8.52. The first kappa shape index (κ1) is 20.3.